The first-order chi connectivity index (χ1) is 4.30. The van der Waals surface area contributed by atoms with Crippen molar-refractivity contribution in [2.45, 2.75) is 4.05 Å². The van der Waals surface area contributed by atoms with Crippen molar-refractivity contribution in [3.8, 4) is 0 Å². The number of rotatable bonds is 1. The maximum Gasteiger partial charge on any atom is 0.0839 e. The van der Waals surface area contributed by atoms with Crippen LogP contribution in [0.15, 0.2) is 24.5 Å². The van der Waals surface area contributed by atoms with E-state index in [1.165, 1.54) is 0 Å². The highest BCUT2D eigenvalue weighted by atomic mass is 127. The van der Waals surface area contributed by atoms with Gasteiger partial charge in [0.2, 0.25) is 0 Å². The average Bonchev–Trinajstić information content (AvgIpc) is 1.90. The molecule has 0 aliphatic carbocycles. The number of nitrogens with two attached hydrogens (primary N) is 1. The lowest BCUT2D eigenvalue weighted by molar-refractivity contribution is 1.05. The smallest absolute Gasteiger partial charge is 0.0839 e. The standard InChI is InChI=1S/C6H7IN2/c7-6(8)5-2-1-3-9-4-5/h1-4,6H,8H2. The molecule has 0 aliphatic heterocycles. The summed E-state index contributed by atoms with van der Waals surface area (Å²) < 4.78 is 0.0660. The van der Waals surface area contributed by atoms with Crippen LogP contribution in [0.4, 0.5) is 0 Å². The van der Waals surface area contributed by atoms with E-state index in [0.717, 1.165) is 5.56 Å². The monoisotopic (exact) mass is 234 g/mol. The fourth-order valence-corrected chi connectivity index (χ4v) is 0.908. The molecule has 0 amide bonds. The second-order valence-corrected chi connectivity index (χ2v) is 3.03. The van der Waals surface area contributed by atoms with Crippen LogP contribution in [0.1, 0.15) is 9.61 Å². The number of halogens is 1. The van der Waals surface area contributed by atoms with E-state index in [9.17, 15) is 0 Å². The Morgan fingerprint density at radius 2 is 2.44 bits per heavy atom. The van der Waals surface area contributed by atoms with Crippen molar-refractivity contribution in [3.63, 3.8) is 0 Å². The maximum absolute atomic E-state index is 5.56. The van der Waals surface area contributed by atoms with Gasteiger partial charge in [-0.15, -0.1) is 0 Å². The van der Waals surface area contributed by atoms with E-state index in [4.69, 9.17) is 5.73 Å². The summed E-state index contributed by atoms with van der Waals surface area (Å²) >= 11 is 2.15. The Morgan fingerprint density at radius 3 is 2.78 bits per heavy atom. The van der Waals surface area contributed by atoms with E-state index in [-0.39, 0.29) is 4.05 Å². The molecule has 1 atom stereocenters. The highest BCUT2D eigenvalue weighted by Gasteiger charge is 1.96. The zero-order valence-electron chi connectivity index (χ0n) is 4.79. The third kappa shape index (κ3) is 1.91. The number of nitrogens with zero attached hydrogens (tertiary/aromatic N) is 1. The Hall–Kier alpha value is -0.160. The first-order valence-electron chi connectivity index (χ1n) is 2.60. The number of pyridine rings is 1. The molecule has 0 aromatic carbocycles. The van der Waals surface area contributed by atoms with Crippen LogP contribution in [0.2, 0.25) is 0 Å². The summed E-state index contributed by atoms with van der Waals surface area (Å²) in [6, 6.07) is 3.85. The number of hydrogen-bond acceptors (Lipinski definition) is 2. The Kier molecular flexibility index (Phi) is 2.41. The van der Waals surface area contributed by atoms with Crippen LogP contribution in [-0.2, 0) is 0 Å². The Bertz CT molecular complexity index is 174. The van der Waals surface area contributed by atoms with Crippen molar-refractivity contribution in [2.24, 2.45) is 5.73 Å². The minimum Gasteiger partial charge on any atom is -0.316 e. The van der Waals surface area contributed by atoms with Crippen LogP contribution in [0, 0.1) is 0 Å². The third-order valence-corrected chi connectivity index (χ3v) is 1.72. The van der Waals surface area contributed by atoms with Gasteiger partial charge in [0.25, 0.3) is 0 Å². The van der Waals surface area contributed by atoms with Crippen LogP contribution in [0.3, 0.4) is 0 Å². The molecule has 0 bridgehead atoms. The highest BCUT2D eigenvalue weighted by molar-refractivity contribution is 14.1. The number of hydrogen-bond donors (Lipinski definition) is 1. The van der Waals surface area contributed by atoms with Gasteiger partial charge in [-0.1, -0.05) is 28.7 Å². The van der Waals surface area contributed by atoms with Gasteiger partial charge in [-0.05, 0) is 11.6 Å². The van der Waals surface area contributed by atoms with Crippen LogP contribution in [0.5, 0.6) is 0 Å². The minimum atomic E-state index is 0.0660. The van der Waals surface area contributed by atoms with Gasteiger partial charge in [-0.25, -0.2) is 0 Å². The average molecular weight is 234 g/mol. The number of aromatic nitrogens is 1. The van der Waals surface area contributed by atoms with E-state index < -0.39 is 0 Å². The normalized spacial score (nSPS) is 13.1. The summed E-state index contributed by atoms with van der Waals surface area (Å²) in [5.41, 5.74) is 6.63. The Balaban J connectivity index is 2.85. The molecule has 1 unspecified atom stereocenters. The van der Waals surface area contributed by atoms with E-state index in [1.807, 2.05) is 12.1 Å². The molecular weight excluding hydrogens is 227 g/mol. The highest BCUT2D eigenvalue weighted by Crippen LogP contribution is 2.13. The predicted octanol–water partition coefficient (Wildman–Crippen LogP) is 1.47. The van der Waals surface area contributed by atoms with E-state index in [1.54, 1.807) is 12.4 Å². The second-order valence-electron chi connectivity index (χ2n) is 1.69. The molecular formula is C6H7IN2. The fourth-order valence-electron chi connectivity index (χ4n) is 0.539. The fraction of sp³-hybridized carbons (Fsp3) is 0.167. The van der Waals surface area contributed by atoms with E-state index in [2.05, 4.69) is 27.6 Å². The van der Waals surface area contributed by atoms with Crippen molar-refractivity contribution in [3.05, 3.63) is 30.1 Å². The first-order valence-corrected chi connectivity index (χ1v) is 3.85. The maximum atomic E-state index is 5.56. The summed E-state index contributed by atoms with van der Waals surface area (Å²) in [7, 11) is 0. The van der Waals surface area contributed by atoms with Gasteiger partial charge in [-0.3, -0.25) is 4.98 Å². The Labute approximate surface area is 67.6 Å². The molecule has 0 aliphatic rings. The quantitative estimate of drug-likeness (QED) is 0.454. The van der Waals surface area contributed by atoms with Crippen molar-refractivity contribution in [2.75, 3.05) is 0 Å². The largest absolute Gasteiger partial charge is 0.316 e. The molecule has 48 valence electrons. The molecule has 2 nitrogen and oxygen atoms in total. The van der Waals surface area contributed by atoms with E-state index >= 15 is 0 Å². The zero-order valence-corrected chi connectivity index (χ0v) is 6.95. The van der Waals surface area contributed by atoms with Crippen LogP contribution in [-0.4, -0.2) is 4.98 Å². The molecule has 3 heteroatoms. The summed E-state index contributed by atoms with van der Waals surface area (Å²) in [5.74, 6) is 0. The summed E-state index contributed by atoms with van der Waals surface area (Å²) in [4.78, 5) is 3.92. The van der Waals surface area contributed by atoms with Gasteiger partial charge in [-0.2, -0.15) is 0 Å². The SMILES string of the molecule is NC(I)c1cccnc1. The third-order valence-electron chi connectivity index (χ3n) is 1.00. The van der Waals surface area contributed by atoms with Crippen molar-refractivity contribution >= 4 is 22.6 Å². The summed E-state index contributed by atoms with van der Waals surface area (Å²) in [6.07, 6.45) is 3.51. The van der Waals surface area contributed by atoms with E-state index in [0.29, 0.717) is 0 Å². The lowest BCUT2D eigenvalue weighted by Crippen LogP contribution is -2.00. The van der Waals surface area contributed by atoms with Crippen LogP contribution >= 0.6 is 22.6 Å². The molecule has 1 aromatic rings. The molecule has 1 aromatic heterocycles. The first kappa shape index (κ1) is 6.95. The van der Waals surface area contributed by atoms with Gasteiger partial charge >= 0.3 is 0 Å². The lowest BCUT2D eigenvalue weighted by Gasteiger charge is -1.99. The topological polar surface area (TPSA) is 38.9 Å². The molecule has 0 spiro atoms. The molecule has 0 saturated heterocycles. The van der Waals surface area contributed by atoms with Gasteiger partial charge < -0.3 is 5.73 Å². The molecule has 1 rings (SSSR count). The second kappa shape index (κ2) is 3.12. The zero-order chi connectivity index (χ0) is 6.69. The van der Waals surface area contributed by atoms with Crippen molar-refractivity contribution in [1.82, 2.24) is 4.98 Å². The van der Waals surface area contributed by atoms with Gasteiger partial charge in [0, 0.05) is 12.4 Å². The van der Waals surface area contributed by atoms with Gasteiger partial charge in [0.1, 0.15) is 0 Å². The molecule has 0 saturated carbocycles. The van der Waals surface area contributed by atoms with Gasteiger partial charge in [0.15, 0.2) is 0 Å². The molecule has 0 fully saturated rings. The summed E-state index contributed by atoms with van der Waals surface area (Å²) in [6.45, 7) is 0. The molecule has 1 heterocycles. The number of alkyl halides is 1. The predicted molar refractivity (Wildman–Crippen MR) is 45.2 cm³/mol. The molecule has 9 heavy (non-hydrogen) atoms. The lowest BCUT2D eigenvalue weighted by atomic mass is 10.3. The Morgan fingerprint density at radius 1 is 1.67 bits per heavy atom. The van der Waals surface area contributed by atoms with Crippen LogP contribution in [0.25, 0.3) is 0 Å². The summed E-state index contributed by atoms with van der Waals surface area (Å²) in [5, 5.41) is 0. The van der Waals surface area contributed by atoms with Crippen molar-refractivity contribution in [1.29, 1.82) is 0 Å². The molecule has 0 radical (unpaired) electrons. The van der Waals surface area contributed by atoms with Crippen molar-refractivity contribution < 1.29 is 0 Å². The molecule has 2 N–H and O–H groups in total. The minimum absolute atomic E-state index is 0.0660. The van der Waals surface area contributed by atoms with Gasteiger partial charge in [0.05, 0.1) is 4.05 Å². The van der Waals surface area contributed by atoms with Crippen LogP contribution < -0.4 is 5.73 Å².